The summed E-state index contributed by atoms with van der Waals surface area (Å²) in [5, 5.41) is 0. The molecule has 4 rings (SSSR count). The zero-order valence-electron chi connectivity index (χ0n) is 16.6. The summed E-state index contributed by atoms with van der Waals surface area (Å²) in [7, 11) is 0. The van der Waals surface area contributed by atoms with Crippen molar-refractivity contribution in [2.45, 2.75) is 53.9 Å². The molecule has 0 saturated carbocycles. The van der Waals surface area contributed by atoms with Crippen molar-refractivity contribution in [2.24, 2.45) is 5.41 Å². The monoisotopic (exact) mass is 332 g/mol. The summed E-state index contributed by atoms with van der Waals surface area (Å²) >= 11 is 0. The van der Waals surface area contributed by atoms with Gasteiger partial charge in [-0.2, -0.15) is 0 Å². The highest BCUT2D eigenvalue weighted by Gasteiger charge is 2.40. The Bertz CT molecular complexity index is 714. The van der Waals surface area contributed by atoms with Crippen LogP contribution in [0.5, 0.6) is 0 Å². The molecule has 0 saturated heterocycles. The number of benzene rings is 2. The van der Waals surface area contributed by atoms with Gasteiger partial charge in [0.25, 0.3) is 0 Å². The van der Waals surface area contributed by atoms with Gasteiger partial charge in [0.05, 0.1) is 0 Å². The number of allylic oxidation sites excluding steroid dienone is 4. The van der Waals surface area contributed by atoms with Crippen molar-refractivity contribution in [3.8, 4) is 11.1 Å². The van der Waals surface area contributed by atoms with Crippen LogP contribution in [0.1, 0.15) is 65.0 Å². The molecule has 2 aromatic carbocycles. The summed E-state index contributed by atoms with van der Waals surface area (Å²) in [5.41, 5.74) is 7.48. The second-order valence-electron chi connectivity index (χ2n) is 6.65. The van der Waals surface area contributed by atoms with Crippen LogP contribution in [0.25, 0.3) is 11.1 Å². The van der Waals surface area contributed by atoms with Crippen LogP contribution in [-0.4, -0.2) is 0 Å². The van der Waals surface area contributed by atoms with Crippen LogP contribution in [0, 0.1) is 5.41 Å². The molecule has 0 amide bonds. The van der Waals surface area contributed by atoms with Crippen molar-refractivity contribution in [3.05, 3.63) is 83.5 Å². The van der Waals surface area contributed by atoms with Crippen LogP contribution in [0.4, 0.5) is 0 Å². The van der Waals surface area contributed by atoms with E-state index in [0.29, 0.717) is 5.92 Å². The van der Waals surface area contributed by atoms with Crippen LogP contribution in [0.2, 0.25) is 0 Å². The van der Waals surface area contributed by atoms with Gasteiger partial charge < -0.3 is 0 Å². The first-order valence-corrected chi connectivity index (χ1v) is 9.74. The van der Waals surface area contributed by atoms with E-state index in [-0.39, 0.29) is 5.41 Å². The molecule has 2 aromatic rings. The van der Waals surface area contributed by atoms with Gasteiger partial charge in [0.15, 0.2) is 0 Å². The van der Waals surface area contributed by atoms with Crippen LogP contribution < -0.4 is 0 Å². The quantitative estimate of drug-likeness (QED) is 0.527. The third-order valence-corrected chi connectivity index (χ3v) is 5.15. The largest absolute Gasteiger partial charge is 0.0804 e. The Hall–Kier alpha value is -2.08. The number of hydrogen-bond acceptors (Lipinski definition) is 0. The number of rotatable bonds is 2. The zero-order valence-corrected chi connectivity index (χ0v) is 16.6. The molecular formula is C25H32. The van der Waals surface area contributed by atoms with Gasteiger partial charge in [-0.1, -0.05) is 114 Å². The van der Waals surface area contributed by atoms with E-state index >= 15 is 0 Å². The number of fused-ring (bicyclic) bond motifs is 3. The van der Waals surface area contributed by atoms with Gasteiger partial charge in [-0.3, -0.25) is 0 Å². The average molecular weight is 333 g/mol. The highest BCUT2D eigenvalue weighted by molar-refractivity contribution is 5.79. The Balaban J connectivity index is 0.000000528. The van der Waals surface area contributed by atoms with Gasteiger partial charge in [0, 0.05) is 5.92 Å². The molecule has 0 N–H and O–H groups in total. The second kappa shape index (κ2) is 8.34. The molecule has 0 aliphatic heterocycles. The summed E-state index contributed by atoms with van der Waals surface area (Å²) in [6.45, 7) is 12.8. The van der Waals surface area contributed by atoms with Crippen LogP contribution in [-0.2, 0) is 0 Å². The molecule has 0 unspecified atom stereocenters. The molecule has 0 bridgehead atoms. The Labute approximate surface area is 154 Å². The summed E-state index contributed by atoms with van der Waals surface area (Å²) in [6, 6.07) is 17.8. The SMILES string of the molecule is CC.CC.CC(C)(C1=CC=CC1)C1c2ccccc2-c2ccccc21. The predicted octanol–water partition coefficient (Wildman–Crippen LogP) is 7.76. The average Bonchev–Trinajstić information content (AvgIpc) is 3.32. The van der Waals surface area contributed by atoms with Crippen LogP contribution in [0.3, 0.4) is 0 Å². The van der Waals surface area contributed by atoms with Crippen molar-refractivity contribution in [3.63, 3.8) is 0 Å². The molecule has 0 spiro atoms. The second-order valence-corrected chi connectivity index (χ2v) is 6.65. The Morgan fingerprint density at radius 2 is 1.24 bits per heavy atom. The van der Waals surface area contributed by atoms with Crippen molar-refractivity contribution < 1.29 is 0 Å². The first kappa shape index (κ1) is 19.2. The van der Waals surface area contributed by atoms with E-state index in [9.17, 15) is 0 Å². The molecule has 25 heavy (non-hydrogen) atoms. The van der Waals surface area contributed by atoms with Crippen molar-refractivity contribution >= 4 is 0 Å². The van der Waals surface area contributed by atoms with Gasteiger partial charge in [0.2, 0.25) is 0 Å². The van der Waals surface area contributed by atoms with E-state index < -0.39 is 0 Å². The lowest BCUT2D eigenvalue weighted by Gasteiger charge is -2.35. The molecule has 0 radical (unpaired) electrons. The minimum atomic E-state index is 0.145. The van der Waals surface area contributed by atoms with E-state index in [4.69, 9.17) is 0 Å². The highest BCUT2D eigenvalue weighted by atomic mass is 14.4. The lowest BCUT2D eigenvalue weighted by Crippen LogP contribution is -2.23. The zero-order chi connectivity index (χ0) is 18.4. The molecule has 2 aliphatic rings. The maximum absolute atomic E-state index is 2.40. The summed E-state index contributed by atoms with van der Waals surface area (Å²) in [4.78, 5) is 0. The van der Waals surface area contributed by atoms with Gasteiger partial charge in [0.1, 0.15) is 0 Å². The smallest absolute Gasteiger partial charge is 0.0190 e. The third kappa shape index (κ3) is 3.35. The fourth-order valence-electron chi connectivity index (χ4n) is 4.04. The minimum absolute atomic E-state index is 0.145. The fourth-order valence-corrected chi connectivity index (χ4v) is 4.04. The Kier molecular flexibility index (Phi) is 6.42. The maximum atomic E-state index is 2.40. The molecular weight excluding hydrogens is 300 g/mol. The van der Waals surface area contributed by atoms with Crippen molar-refractivity contribution in [2.75, 3.05) is 0 Å². The molecule has 0 atom stereocenters. The van der Waals surface area contributed by atoms with Crippen LogP contribution >= 0.6 is 0 Å². The molecule has 2 aliphatic carbocycles. The van der Waals surface area contributed by atoms with Crippen molar-refractivity contribution in [1.82, 2.24) is 0 Å². The van der Waals surface area contributed by atoms with E-state index in [2.05, 4.69) is 80.6 Å². The third-order valence-electron chi connectivity index (χ3n) is 5.15. The number of hydrogen-bond donors (Lipinski definition) is 0. The summed E-state index contributed by atoms with van der Waals surface area (Å²) in [6.07, 6.45) is 7.87. The van der Waals surface area contributed by atoms with Crippen LogP contribution in [0.15, 0.2) is 72.3 Å². The Morgan fingerprint density at radius 1 is 0.760 bits per heavy atom. The summed E-state index contributed by atoms with van der Waals surface area (Å²) in [5.74, 6) is 0.455. The molecule has 0 heterocycles. The Morgan fingerprint density at radius 3 is 1.68 bits per heavy atom. The lowest BCUT2D eigenvalue weighted by molar-refractivity contribution is 0.388. The van der Waals surface area contributed by atoms with Gasteiger partial charge in [-0.25, -0.2) is 0 Å². The van der Waals surface area contributed by atoms with E-state index in [1.54, 1.807) is 5.57 Å². The molecule has 0 aromatic heterocycles. The van der Waals surface area contributed by atoms with E-state index in [1.807, 2.05) is 27.7 Å². The molecule has 0 fully saturated rings. The first-order chi connectivity index (χ1) is 12.2. The van der Waals surface area contributed by atoms with E-state index in [1.165, 1.54) is 22.3 Å². The maximum Gasteiger partial charge on any atom is 0.0190 e. The highest BCUT2D eigenvalue weighted by Crippen LogP contribution is 2.55. The lowest BCUT2D eigenvalue weighted by atomic mass is 9.68. The fraction of sp³-hybridized carbons (Fsp3) is 0.360. The van der Waals surface area contributed by atoms with Gasteiger partial charge in [-0.05, 0) is 34.1 Å². The predicted molar refractivity (Wildman–Crippen MR) is 112 cm³/mol. The standard InChI is InChI=1S/C21H20.2C2H6/c1-21(2,15-9-3-4-10-15)20-18-13-7-5-11-16(18)17-12-6-8-14-19(17)20;2*1-2/h3-9,11-14,20H,10H2,1-2H3;2*1-2H3. The minimum Gasteiger partial charge on any atom is -0.0804 e. The molecule has 0 nitrogen and oxygen atoms in total. The summed E-state index contributed by atoms with van der Waals surface area (Å²) < 4.78 is 0. The van der Waals surface area contributed by atoms with E-state index in [0.717, 1.165) is 6.42 Å². The normalized spacial score (nSPS) is 14.6. The molecule has 0 heteroatoms. The van der Waals surface area contributed by atoms with Gasteiger partial charge >= 0.3 is 0 Å². The molecule has 132 valence electrons. The van der Waals surface area contributed by atoms with Crippen molar-refractivity contribution in [1.29, 1.82) is 0 Å². The first-order valence-electron chi connectivity index (χ1n) is 9.74. The topological polar surface area (TPSA) is 0 Å². The van der Waals surface area contributed by atoms with Gasteiger partial charge in [-0.15, -0.1) is 0 Å².